The molecule has 0 bridgehead atoms. The van der Waals surface area contributed by atoms with Crippen molar-refractivity contribution in [1.82, 2.24) is 5.32 Å². The minimum atomic E-state index is 0.0921. The second kappa shape index (κ2) is 8.08. The monoisotopic (exact) mass is 280 g/mol. The Hall–Kier alpha value is -2.31. The summed E-state index contributed by atoms with van der Waals surface area (Å²) in [7, 11) is 1.67. The minimum absolute atomic E-state index is 0.0921. The lowest BCUT2D eigenvalue weighted by molar-refractivity contribution is 0.414. The van der Waals surface area contributed by atoms with Crippen LogP contribution in [0.4, 0.5) is 0 Å². The fourth-order valence-corrected chi connectivity index (χ4v) is 2.27. The molecule has 0 aliphatic heterocycles. The maximum absolute atomic E-state index is 8.97. The van der Waals surface area contributed by atoms with Crippen LogP contribution in [0.1, 0.15) is 23.6 Å². The first-order chi connectivity index (χ1) is 10.3. The Balaban J connectivity index is 1.89. The molecule has 0 radical (unpaired) electrons. The van der Waals surface area contributed by atoms with E-state index in [9.17, 15) is 0 Å². The van der Waals surface area contributed by atoms with Gasteiger partial charge in [0.05, 0.1) is 19.6 Å². The van der Waals surface area contributed by atoms with Gasteiger partial charge in [-0.05, 0) is 36.2 Å². The highest BCUT2D eigenvalue weighted by Gasteiger charge is 2.09. The number of nitriles is 1. The third-order valence-electron chi connectivity index (χ3n) is 3.46. The molecule has 2 aromatic rings. The predicted octanol–water partition coefficient (Wildman–Crippen LogP) is 3.48. The van der Waals surface area contributed by atoms with Crippen LogP contribution >= 0.6 is 0 Å². The largest absolute Gasteiger partial charge is 0.497 e. The van der Waals surface area contributed by atoms with Crippen molar-refractivity contribution >= 4 is 0 Å². The number of hydrogen-bond acceptors (Lipinski definition) is 3. The first-order valence-corrected chi connectivity index (χ1v) is 7.11. The molecule has 0 spiro atoms. The number of rotatable bonds is 7. The van der Waals surface area contributed by atoms with E-state index < -0.39 is 0 Å². The van der Waals surface area contributed by atoms with Gasteiger partial charge < -0.3 is 10.1 Å². The van der Waals surface area contributed by atoms with Crippen LogP contribution in [0.3, 0.4) is 0 Å². The molecule has 2 aromatic carbocycles. The second-order valence-corrected chi connectivity index (χ2v) is 4.88. The van der Waals surface area contributed by atoms with E-state index in [2.05, 4.69) is 35.7 Å². The molecule has 0 amide bonds. The average Bonchev–Trinajstić information content (AvgIpc) is 2.55. The number of hydrogen-bond donors (Lipinski definition) is 1. The van der Waals surface area contributed by atoms with Crippen LogP contribution in [0.15, 0.2) is 54.6 Å². The molecule has 3 heteroatoms. The summed E-state index contributed by atoms with van der Waals surface area (Å²) in [6.07, 6.45) is 1.41. The molecule has 0 aliphatic carbocycles. The Labute approximate surface area is 126 Å². The Morgan fingerprint density at radius 3 is 2.43 bits per heavy atom. The topological polar surface area (TPSA) is 45.0 Å². The van der Waals surface area contributed by atoms with E-state index in [0.29, 0.717) is 6.42 Å². The normalized spacial score (nSPS) is 11.6. The number of ether oxygens (including phenoxy) is 1. The van der Waals surface area contributed by atoms with Gasteiger partial charge in [-0.2, -0.15) is 5.26 Å². The summed E-state index contributed by atoms with van der Waals surface area (Å²) in [5, 5.41) is 12.4. The van der Waals surface area contributed by atoms with Crippen LogP contribution in [0.5, 0.6) is 5.75 Å². The summed E-state index contributed by atoms with van der Waals surface area (Å²) in [6.45, 7) is 0.841. The zero-order valence-electron chi connectivity index (χ0n) is 12.3. The van der Waals surface area contributed by atoms with Crippen LogP contribution in [-0.2, 0) is 6.42 Å². The Morgan fingerprint density at radius 2 is 1.81 bits per heavy atom. The van der Waals surface area contributed by atoms with Gasteiger partial charge in [-0.3, -0.25) is 0 Å². The van der Waals surface area contributed by atoms with Crippen molar-refractivity contribution in [2.24, 2.45) is 0 Å². The Kier molecular flexibility index (Phi) is 5.81. The van der Waals surface area contributed by atoms with Crippen molar-refractivity contribution in [1.29, 1.82) is 5.26 Å². The summed E-state index contributed by atoms with van der Waals surface area (Å²) in [6, 6.07) is 20.5. The SMILES string of the molecule is COc1ccc(CCNC(CC#N)c2ccccc2)cc1. The van der Waals surface area contributed by atoms with Gasteiger partial charge in [0.1, 0.15) is 5.75 Å². The molecule has 0 fully saturated rings. The van der Waals surface area contributed by atoms with Gasteiger partial charge >= 0.3 is 0 Å². The molecule has 0 heterocycles. The zero-order valence-corrected chi connectivity index (χ0v) is 12.3. The molecule has 3 nitrogen and oxygen atoms in total. The number of nitrogens with one attached hydrogen (secondary N) is 1. The Morgan fingerprint density at radius 1 is 1.10 bits per heavy atom. The van der Waals surface area contributed by atoms with Crippen LogP contribution in [0.25, 0.3) is 0 Å². The van der Waals surface area contributed by atoms with Gasteiger partial charge in [-0.1, -0.05) is 42.5 Å². The van der Waals surface area contributed by atoms with Crippen molar-refractivity contribution < 1.29 is 4.74 Å². The van der Waals surface area contributed by atoms with Gasteiger partial charge in [0.25, 0.3) is 0 Å². The van der Waals surface area contributed by atoms with Crippen LogP contribution in [-0.4, -0.2) is 13.7 Å². The van der Waals surface area contributed by atoms with Crippen LogP contribution < -0.4 is 10.1 Å². The first kappa shape index (κ1) is 15.1. The quantitative estimate of drug-likeness (QED) is 0.844. The van der Waals surface area contributed by atoms with Crippen LogP contribution in [0.2, 0.25) is 0 Å². The summed E-state index contributed by atoms with van der Waals surface area (Å²) in [5.41, 5.74) is 2.42. The molecule has 108 valence electrons. The van der Waals surface area contributed by atoms with Gasteiger partial charge in [0, 0.05) is 6.04 Å². The molecular weight excluding hydrogens is 260 g/mol. The van der Waals surface area contributed by atoms with Crippen LogP contribution in [0, 0.1) is 11.3 Å². The average molecular weight is 280 g/mol. The lowest BCUT2D eigenvalue weighted by atomic mass is 10.0. The second-order valence-electron chi connectivity index (χ2n) is 4.88. The fraction of sp³-hybridized carbons (Fsp3) is 0.278. The highest BCUT2D eigenvalue weighted by Crippen LogP contribution is 2.16. The Bertz CT molecular complexity index is 572. The molecule has 2 rings (SSSR count). The highest BCUT2D eigenvalue weighted by molar-refractivity contribution is 5.27. The van der Waals surface area contributed by atoms with E-state index >= 15 is 0 Å². The van der Waals surface area contributed by atoms with Crippen molar-refractivity contribution in [3.8, 4) is 11.8 Å². The summed E-state index contributed by atoms with van der Waals surface area (Å²) in [4.78, 5) is 0. The van der Waals surface area contributed by atoms with Gasteiger partial charge in [0.15, 0.2) is 0 Å². The smallest absolute Gasteiger partial charge is 0.118 e. The van der Waals surface area contributed by atoms with Gasteiger partial charge in [-0.25, -0.2) is 0 Å². The third kappa shape index (κ3) is 4.62. The lowest BCUT2D eigenvalue weighted by Crippen LogP contribution is -2.23. The highest BCUT2D eigenvalue weighted by atomic mass is 16.5. The summed E-state index contributed by atoms with van der Waals surface area (Å²) >= 11 is 0. The van der Waals surface area contributed by atoms with E-state index in [1.54, 1.807) is 7.11 Å². The maximum Gasteiger partial charge on any atom is 0.118 e. The minimum Gasteiger partial charge on any atom is -0.497 e. The van der Waals surface area contributed by atoms with Gasteiger partial charge in [-0.15, -0.1) is 0 Å². The van der Waals surface area contributed by atoms with Gasteiger partial charge in [0.2, 0.25) is 0 Å². The predicted molar refractivity (Wildman–Crippen MR) is 84.1 cm³/mol. The first-order valence-electron chi connectivity index (χ1n) is 7.11. The number of nitrogens with zero attached hydrogens (tertiary/aromatic N) is 1. The molecule has 1 N–H and O–H groups in total. The molecule has 0 aromatic heterocycles. The maximum atomic E-state index is 8.97. The molecule has 1 atom stereocenters. The van der Waals surface area contributed by atoms with E-state index in [1.807, 2.05) is 30.3 Å². The van der Waals surface area contributed by atoms with Crippen molar-refractivity contribution in [2.45, 2.75) is 18.9 Å². The molecule has 1 unspecified atom stereocenters. The van der Waals surface area contributed by atoms with E-state index in [4.69, 9.17) is 10.00 Å². The van der Waals surface area contributed by atoms with E-state index in [0.717, 1.165) is 24.3 Å². The zero-order chi connectivity index (χ0) is 14.9. The van der Waals surface area contributed by atoms with Crippen molar-refractivity contribution in [3.63, 3.8) is 0 Å². The summed E-state index contributed by atoms with van der Waals surface area (Å²) < 4.78 is 5.15. The summed E-state index contributed by atoms with van der Waals surface area (Å²) in [5.74, 6) is 0.873. The molecule has 0 saturated carbocycles. The lowest BCUT2D eigenvalue weighted by Gasteiger charge is -2.16. The number of methoxy groups -OCH3 is 1. The fourth-order valence-electron chi connectivity index (χ4n) is 2.27. The standard InChI is InChI=1S/C18H20N2O/c1-21-17-9-7-15(8-10-17)12-14-20-18(11-13-19)16-5-3-2-4-6-16/h2-10,18,20H,11-12,14H2,1H3. The third-order valence-corrected chi connectivity index (χ3v) is 3.46. The van der Waals surface area contributed by atoms with E-state index in [1.165, 1.54) is 5.56 Å². The number of benzene rings is 2. The van der Waals surface area contributed by atoms with Crippen molar-refractivity contribution in [2.75, 3.05) is 13.7 Å². The van der Waals surface area contributed by atoms with E-state index in [-0.39, 0.29) is 6.04 Å². The molecule has 21 heavy (non-hydrogen) atoms. The van der Waals surface area contributed by atoms with Crippen molar-refractivity contribution in [3.05, 3.63) is 65.7 Å². The molecule has 0 aliphatic rings. The molecule has 0 saturated heterocycles. The molecular formula is C18H20N2O.